The normalized spacial score (nSPS) is 12.2. The van der Waals surface area contributed by atoms with Gasteiger partial charge in [0.15, 0.2) is 5.13 Å². The smallest absolute Gasteiger partial charge is 0.238 e. The van der Waals surface area contributed by atoms with Crippen molar-refractivity contribution >= 4 is 50.1 Å². The number of hydrogen-bond donors (Lipinski definition) is 1. The topological polar surface area (TPSA) is 42.0 Å². The van der Waals surface area contributed by atoms with E-state index in [0.717, 1.165) is 20.6 Å². The second-order valence-electron chi connectivity index (χ2n) is 4.30. The number of nitrogens with zero attached hydrogens (tertiary/aromatic N) is 1. The monoisotopic (exact) mass is 370 g/mol. The number of carbonyl (C=O) groups excluding carboxylic acids is 1. The van der Waals surface area contributed by atoms with Crippen molar-refractivity contribution in [3.63, 3.8) is 0 Å². The van der Waals surface area contributed by atoms with Crippen LogP contribution in [0.5, 0.6) is 0 Å². The number of aromatic nitrogens is 1. The number of anilines is 1. The Kier molecular flexibility index (Phi) is 5.23. The fourth-order valence-electron chi connectivity index (χ4n) is 1.64. The molecule has 2 rings (SSSR count). The third-order valence-corrected chi connectivity index (χ3v) is 5.20. The van der Waals surface area contributed by atoms with Crippen molar-refractivity contribution in [1.82, 2.24) is 4.98 Å². The first-order valence-electron chi connectivity index (χ1n) is 6.08. The van der Waals surface area contributed by atoms with Gasteiger partial charge in [-0.1, -0.05) is 28.1 Å². The number of rotatable bonds is 4. The lowest BCUT2D eigenvalue weighted by Gasteiger charge is -2.06. The van der Waals surface area contributed by atoms with Crippen LogP contribution in [0.1, 0.15) is 11.8 Å². The Hall–Kier alpha value is -0.850. The summed E-state index contributed by atoms with van der Waals surface area (Å²) in [6.07, 6.45) is 1.92. The molecule has 0 saturated heterocycles. The first-order valence-corrected chi connectivity index (χ1v) is 8.98. The lowest BCUT2D eigenvalue weighted by molar-refractivity contribution is -0.115. The SMILES string of the molecule is CSC(C)C(=O)Nc1nc(-c2ccc(Br)cc2)c(C)s1. The molecule has 2 aromatic rings. The molecule has 0 aliphatic heterocycles. The van der Waals surface area contributed by atoms with E-state index >= 15 is 0 Å². The zero-order valence-electron chi connectivity index (χ0n) is 11.4. The molecule has 0 bridgehead atoms. The number of aryl methyl sites for hydroxylation is 1. The largest absolute Gasteiger partial charge is 0.301 e. The molecule has 1 N–H and O–H groups in total. The van der Waals surface area contributed by atoms with Gasteiger partial charge < -0.3 is 5.32 Å². The number of nitrogens with one attached hydrogen (secondary N) is 1. The second kappa shape index (κ2) is 6.74. The molecule has 3 nitrogen and oxygen atoms in total. The van der Waals surface area contributed by atoms with Crippen LogP contribution in [0.4, 0.5) is 5.13 Å². The van der Waals surface area contributed by atoms with E-state index in [1.165, 1.54) is 23.1 Å². The predicted octanol–water partition coefficient (Wildman–Crippen LogP) is 4.57. The Bertz CT molecular complexity index is 610. The van der Waals surface area contributed by atoms with Gasteiger partial charge in [-0.3, -0.25) is 4.79 Å². The van der Waals surface area contributed by atoms with Crippen molar-refractivity contribution in [2.75, 3.05) is 11.6 Å². The molecular formula is C14H15BrN2OS2. The molecule has 1 aromatic carbocycles. The van der Waals surface area contributed by atoms with Crippen LogP contribution in [0.15, 0.2) is 28.7 Å². The summed E-state index contributed by atoms with van der Waals surface area (Å²) in [7, 11) is 0. The maximum absolute atomic E-state index is 11.9. The van der Waals surface area contributed by atoms with Crippen molar-refractivity contribution in [2.24, 2.45) is 0 Å². The summed E-state index contributed by atoms with van der Waals surface area (Å²) >= 11 is 6.45. The molecule has 0 radical (unpaired) electrons. The van der Waals surface area contributed by atoms with Crippen LogP contribution >= 0.6 is 39.0 Å². The van der Waals surface area contributed by atoms with Crippen LogP contribution in [0.2, 0.25) is 0 Å². The summed E-state index contributed by atoms with van der Waals surface area (Å²) in [4.78, 5) is 17.5. The van der Waals surface area contributed by atoms with Gasteiger partial charge in [0, 0.05) is 14.9 Å². The fourth-order valence-corrected chi connectivity index (χ4v) is 3.02. The van der Waals surface area contributed by atoms with Crippen LogP contribution in [-0.2, 0) is 4.79 Å². The zero-order valence-corrected chi connectivity index (χ0v) is 14.7. The Morgan fingerprint density at radius 2 is 2.05 bits per heavy atom. The first kappa shape index (κ1) is 15.5. The van der Waals surface area contributed by atoms with Crippen LogP contribution < -0.4 is 5.32 Å². The summed E-state index contributed by atoms with van der Waals surface area (Å²) in [5, 5.41) is 3.46. The van der Waals surface area contributed by atoms with Gasteiger partial charge in [-0.25, -0.2) is 4.98 Å². The number of hydrogen-bond acceptors (Lipinski definition) is 4. The van der Waals surface area contributed by atoms with Gasteiger partial charge in [-0.05, 0) is 32.2 Å². The summed E-state index contributed by atoms with van der Waals surface area (Å²) in [5.74, 6) is -0.00592. The molecule has 6 heteroatoms. The summed E-state index contributed by atoms with van der Waals surface area (Å²) in [5.41, 5.74) is 1.98. The second-order valence-corrected chi connectivity index (χ2v) is 7.60. The molecule has 0 aliphatic rings. The highest BCUT2D eigenvalue weighted by atomic mass is 79.9. The van der Waals surface area contributed by atoms with E-state index in [1.54, 1.807) is 0 Å². The number of amides is 1. The fraction of sp³-hybridized carbons (Fsp3) is 0.286. The highest BCUT2D eigenvalue weighted by Crippen LogP contribution is 2.31. The molecular weight excluding hydrogens is 356 g/mol. The molecule has 1 aromatic heterocycles. The minimum absolute atomic E-state index is 0.00592. The molecule has 0 saturated carbocycles. The Balaban J connectivity index is 2.21. The average Bonchev–Trinajstić information content (AvgIpc) is 2.79. The van der Waals surface area contributed by atoms with E-state index in [1.807, 2.05) is 44.4 Å². The lowest BCUT2D eigenvalue weighted by Crippen LogP contribution is -2.21. The van der Waals surface area contributed by atoms with E-state index in [9.17, 15) is 4.79 Å². The quantitative estimate of drug-likeness (QED) is 0.856. The third-order valence-electron chi connectivity index (χ3n) is 2.87. The summed E-state index contributed by atoms with van der Waals surface area (Å²) in [6.45, 7) is 3.90. The Morgan fingerprint density at radius 1 is 1.40 bits per heavy atom. The minimum atomic E-state index is -0.0738. The third kappa shape index (κ3) is 3.62. The van der Waals surface area contributed by atoms with E-state index in [2.05, 4.69) is 26.2 Å². The van der Waals surface area contributed by atoms with Gasteiger partial charge in [0.1, 0.15) is 0 Å². The van der Waals surface area contributed by atoms with Crippen molar-refractivity contribution in [3.8, 4) is 11.3 Å². The molecule has 1 unspecified atom stereocenters. The Labute approximate surface area is 135 Å². The average molecular weight is 371 g/mol. The highest BCUT2D eigenvalue weighted by molar-refractivity contribution is 9.10. The number of benzene rings is 1. The highest BCUT2D eigenvalue weighted by Gasteiger charge is 2.15. The predicted molar refractivity (Wildman–Crippen MR) is 91.6 cm³/mol. The molecule has 20 heavy (non-hydrogen) atoms. The maximum Gasteiger partial charge on any atom is 0.238 e. The lowest BCUT2D eigenvalue weighted by atomic mass is 10.1. The van der Waals surface area contributed by atoms with E-state index in [0.29, 0.717) is 5.13 Å². The van der Waals surface area contributed by atoms with Gasteiger partial charge in [0.05, 0.1) is 10.9 Å². The summed E-state index contributed by atoms with van der Waals surface area (Å²) < 4.78 is 1.04. The zero-order chi connectivity index (χ0) is 14.7. The number of thiazole rings is 1. The van der Waals surface area contributed by atoms with Gasteiger partial charge >= 0.3 is 0 Å². The molecule has 1 amide bonds. The van der Waals surface area contributed by atoms with Crippen molar-refractivity contribution in [3.05, 3.63) is 33.6 Å². The molecule has 1 atom stereocenters. The number of halogens is 1. The maximum atomic E-state index is 11.9. The molecule has 106 valence electrons. The number of thioether (sulfide) groups is 1. The van der Waals surface area contributed by atoms with Crippen LogP contribution in [-0.4, -0.2) is 22.4 Å². The van der Waals surface area contributed by atoms with E-state index in [4.69, 9.17) is 0 Å². The van der Waals surface area contributed by atoms with Gasteiger partial charge in [-0.15, -0.1) is 11.3 Å². The van der Waals surface area contributed by atoms with Gasteiger partial charge in [-0.2, -0.15) is 11.8 Å². The molecule has 0 aliphatic carbocycles. The van der Waals surface area contributed by atoms with Crippen LogP contribution in [0.25, 0.3) is 11.3 Å². The summed E-state index contributed by atoms with van der Waals surface area (Å²) in [6, 6.07) is 8.01. The van der Waals surface area contributed by atoms with Gasteiger partial charge in [0.25, 0.3) is 0 Å². The van der Waals surface area contributed by atoms with Crippen molar-refractivity contribution < 1.29 is 4.79 Å². The molecule has 0 spiro atoms. The standard InChI is InChI=1S/C14H15BrN2OS2/c1-8-12(10-4-6-11(15)7-5-10)16-14(20-8)17-13(18)9(2)19-3/h4-7,9H,1-3H3,(H,16,17,18). The molecule has 0 fully saturated rings. The Morgan fingerprint density at radius 3 is 2.65 bits per heavy atom. The number of carbonyl (C=O) groups is 1. The van der Waals surface area contributed by atoms with E-state index in [-0.39, 0.29) is 11.2 Å². The van der Waals surface area contributed by atoms with E-state index < -0.39 is 0 Å². The minimum Gasteiger partial charge on any atom is -0.301 e. The van der Waals surface area contributed by atoms with Gasteiger partial charge in [0.2, 0.25) is 5.91 Å². The van der Waals surface area contributed by atoms with Crippen molar-refractivity contribution in [2.45, 2.75) is 19.1 Å². The first-order chi connectivity index (χ1) is 9.51. The van der Waals surface area contributed by atoms with Crippen LogP contribution in [0, 0.1) is 6.92 Å². The van der Waals surface area contributed by atoms with Crippen molar-refractivity contribution in [1.29, 1.82) is 0 Å². The molecule has 1 heterocycles. The van der Waals surface area contributed by atoms with Crippen LogP contribution in [0.3, 0.4) is 0 Å².